The van der Waals surface area contributed by atoms with E-state index in [4.69, 9.17) is 0 Å². The Kier molecular flexibility index (Phi) is 4.41. The molecular formula is C12H15NO2. The van der Waals surface area contributed by atoms with Crippen molar-refractivity contribution in [3.8, 4) is 0 Å². The molecule has 1 N–H and O–H groups in total. The Morgan fingerprint density at radius 3 is 2.67 bits per heavy atom. The first kappa shape index (κ1) is 11.3. The quantitative estimate of drug-likeness (QED) is 0.605. The number of anilines is 1. The Bertz CT molecular complexity index is 344. The average molecular weight is 205 g/mol. The number of esters is 1. The van der Waals surface area contributed by atoms with E-state index < -0.39 is 0 Å². The summed E-state index contributed by atoms with van der Waals surface area (Å²) >= 11 is 0. The van der Waals surface area contributed by atoms with Crippen LogP contribution in [0.4, 0.5) is 5.69 Å². The van der Waals surface area contributed by atoms with Gasteiger partial charge in [0.1, 0.15) is 0 Å². The maximum Gasteiger partial charge on any atom is 0.333 e. The number of para-hydroxylation sites is 1. The Balaban J connectivity index is 2.42. The van der Waals surface area contributed by atoms with Crippen molar-refractivity contribution in [3.05, 3.63) is 42.0 Å². The third-order valence-electron chi connectivity index (χ3n) is 2.00. The Hall–Kier alpha value is -1.77. The van der Waals surface area contributed by atoms with Crippen LogP contribution in [-0.2, 0) is 9.53 Å². The summed E-state index contributed by atoms with van der Waals surface area (Å²) in [5.74, 6) is -0.287. The Morgan fingerprint density at radius 1 is 1.40 bits per heavy atom. The molecule has 3 nitrogen and oxygen atoms in total. The van der Waals surface area contributed by atoms with E-state index in [0.29, 0.717) is 12.1 Å². The van der Waals surface area contributed by atoms with Crippen LogP contribution in [0.1, 0.15) is 6.92 Å². The molecular weight excluding hydrogens is 190 g/mol. The molecule has 1 aromatic carbocycles. The van der Waals surface area contributed by atoms with E-state index in [9.17, 15) is 4.79 Å². The van der Waals surface area contributed by atoms with Gasteiger partial charge in [-0.1, -0.05) is 24.3 Å². The minimum Gasteiger partial charge on any atom is -0.466 e. The van der Waals surface area contributed by atoms with Gasteiger partial charge in [-0.2, -0.15) is 0 Å². The van der Waals surface area contributed by atoms with Crippen molar-refractivity contribution in [2.75, 3.05) is 19.0 Å². The summed E-state index contributed by atoms with van der Waals surface area (Å²) in [5, 5.41) is 3.17. The zero-order valence-electron chi connectivity index (χ0n) is 8.99. The molecule has 1 rings (SSSR count). The summed E-state index contributed by atoms with van der Waals surface area (Å²) in [6.07, 6.45) is 1.80. The largest absolute Gasteiger partial charge is 0.466 e. The topological polar surface area (TPSA) is 38.3 Å². The van der Waals surface area contributed by atoms with E-state index in [1.807, 2.05) is 30.3 Å². The molecule has 0 bridgehead atoms. The molecule has 0 aliphatic rings. The van der Waals surface area contributed by atoms with E-state index in [1.165, 1.54) is 7.11 Å². The SMILES string of the molecule is COC(=O)/C(C)=C/CNc1ccccc1. The lowest BCUT2D eigenvalue weighted by atomic mass is 10.2. The highest BCUT2D eigenvalue weighted by Crippen LogP contribution is 2.04. The number of methoxy groups -OCH3 is 1. The van der Waals surface area contributed by atoms with Crippen LogP contribution >= 0.6 is 0 Å². The molecule has 1 aromatic rings. The van der Waals surface area contributed by atoms with Gasteiger partial charge in [-0.05, 0) is 19.1 Å². The Labute approximate surface area is 89.8 Å². The highest BCUT2D eigenvalue weighted by Gasteiger charge is 2.00. The summed E-state index contributed by atoms with van der Waals surface area (Å²) in [5.41, 5.74) is 1.65. The second kappa shape index (κ2) is 5.86. The molecule has 0 saturated carbocycles. The molecule has 0 aromatic heterocycles. The molecule has 3 heteroatoms. The van der Waals surface area contributed by atoms with Crippen molar-refractivity contribution in [2.24, 2.45) is 0 Å². The van der Waals surface area contributed by atoms with Crippen LogP contribution in [0, 0.1) is 0 Å². The van der Waals surface area contributed by atoms with Gasteiger partial charge in [-0.3, -0.25) is 0 Å². The molecule has 0 fully saturated rings. The number of carbonyl (C=O) groups is 1. The van der Waals surface area contributed by atoms with Crippen LogP contribution in [0.25, 0.3) is 0 Å². The fraction of sp³-hybridized carbons (Fsp3) is 0.250. The molecule has 0 aliphatic carbocycles. The maximum atomic E-state index is 11.0. The fourth-order valence-electron chi connectivity index (χ4n) is 1.12. The van der Waals surface area contributed by atoms with Crippen LogP contribution in [-0.4, -0.2) is 19.6 Å². The maximum absolute atomic E-state index is 11.0. The molecule has 0 amide bonds. The molecule has 0 unspecified atom stereocenters. The van der Waals surface area contributed by atoms with Gasteiger partial charge >= 0.3 is 5.97 Å². The molecule has 0 atom stereocenters. The summed E-state index contributed by atoms with van der Waals surface area (Å²) in [6.45, 7) is 2.35. The van der Waals surface area contributed by atoms with Gasteiger partial charge in [-0.15, -0.1) is 0 Å². The highest BCUT2D eigenvalue weighted by atomic mass is 16.5. The zero-order valence-corrected chi connectivity index (χ0v) is 8.99. The van der Waals surface area contributed by atoms with Gasteiger partial charge < -0.3 is 10.1 Å². The third kappa shape index (κ3) is 3.85. The third-order valence-corrected chi connectivity index (χ3v) is 2.00. The monoisotopic (exact) mass is 205 g/mol. The van der Waals surface area contributed by atoms with Crippen molar-refractivity contribution >= 4 is 11.7 Å². The van der Waals surface area contributed by atoms with Crippen LogP contribution < -0.4 is 5.32 Å². The van der Waals surface area contributed by atoms with Crippen LogP contribution in [0.15, 0.2) is 42.0 Å². The van der Waals surface area contributed by atoms with Crippen molar-refractivity contribution < 1.29 is 9.53 Å². The minimum atomic E-state index is -0.287. The van der Waals surface area contributed by atoms with E-state index >= 15 is 0 Å². The van der Waals surface area contributed by atoms with Crippen molar-refractivity contribution in [1.29, 1.82) is 0 Å². The lowest BCUT2D eigenvalue weighted by Gasteiger charge is -2.03. The van der Waals surface area contributed by atoms with Crippen LogP contribution in [0.3, 0.4) is 0 Å². The Morgan fingerprint density at radius 2 is 2.07 bits per heavy atom. The number of ether oxygens (including phenoxy) is 1. The molecule has 0 saturated heterocycles. The van der Waals surface area contributed by atoms with E-state index in [-0.39, 0.29) is 5.97 Å². The minimum absolute atomic E-state index is 0.287. The smallest absolute Gasteiger partial charge is 0.333 e. The second-order valence-corrected chi connectivity index (χ2v) is 3.13. The molecule has 0 radical (unpaired) electrons. The first-order valence-corrected chi connectivity index (χ1v) is 4.78. The average Bonchev–Trinajstić information content (AvgIpc) is 2.29. The molecule has 0 aliphatic heterocycles. The molecule has 0 spiro atoms. The number of hydrogen-bond donors (Lipinski definition) is 1. The summed E-state index contributed by atoms with van der Waals surface area (Å²) in [6, 6.07) is 9.82. The molecule has 15 heavy (non-hydrogen) atoms. The van der Waals surface area contributed by atoms with Crippen molar-refractivity contribution in [1.82, 2.24) is 0 Å². The van der Waals surface area contributed by atoms with Gasteiger partial charge in [0.2, 0.25) is 0 Å². The van der Waals surface area contributed by atoms with Crippen LogP contribution in [0.5, 0.6) is 0 Å². The van der Waals surface area contributed by atoms with Gasteiger partial charge in [-0.25, -0.2) is 4.79 Å². The predicted molar refractivity (Wildman–Crippen MR) is 60.7 cm³/mol. The van der Waals surface area contributed by atoms with Crippen molar-refractivity contribution in [3.63, 3.8) is 0 Å². The molecule has 0 heterocycles. The number of hydrogen-bond acceptors (Lipinski definition) is 3. The highest BCUT2D eigenvalue weighted by molar-refractivity contribution is 5.87. The number of nitrogens with one attached hydrogen (secondary N) is 1. The lowest BCUT2D eigenvalue weighted by Crippen LogP contribution is -2.05. The predicted octanol–water partition coefficient (Wildman–Crippen LogP) is 2.22. The van der Waals surface area contributed by atoms with Crippen LogP contribution in [0.2, 0.25) is 0 Å². The van der Waals surface area contributed by atoms with E-state index in [2.05, 4.69) is 10.1 Å². The number of benzene rings is 1. The van der Waals surface area contributed by atoms with Gasteiger partial charge in [0, 0.05) is 17.8 Å². The fourth-order valence-corrected chi connectivity index (χ4v) is 1.12. The van der Waals surface area contributed by atoms with Gasteiger partial charge in [0.15, 0.2) is 0 Å². The number of rotatable bonds is 4. The van der Waals surface area contributed by atoms with Gasteiger partial charge in [0.05, 0.1) is 7.11 Å². The van der Waals surface area contributed by atoms with Gasteiger partial charge in [0.25, 0.3) is 0 Å². The van der Waals surface area contributed by atoms with E-state index in [0.717, 1.165) is 5.69 Å². The lowest BCUT2D eigenvalue weighted by molar-refractivity contribution is -0.136. The summed E-state index contributed by atoms with van der Waals surface area (Å²) < 4.78 is 4.58. The summed E-state index contributed by atoms with van der Waals surface area (Å²) in [4.78, 5) is 11.0. The van der Waals surface area contributed by atoms with Crippen molar-refractivity contribution in [2.45, 2.75) is 6.92 Å². The second-order valence-electron chi connectivity index (χ2n) is 3.13. The molecule has 80 valence electrons. The summed E-state index contributed by atoms with van der Waals surface area (Å²) in [7, 11) is 1.38. The first-order chi connectivity index (χ1) is 7.24. The zero-order chi connectivity index (χ0) is 11.1. The standard InChI is InChI=1S/C12H15NO2/c1-10(12(14)15-2)8-9-13-11-6-4-3-5-7-11/h3-8,13H,9H2,1-2H3/b10-8+. The van der Waals surface area contributed by atoms with E-state index in [1.54, 1.807) is 13.0 Å². The normalized spacial score (nSPS) is 10.9. The first-order valence-electron chi connectivity index (χ1n) is 4.78. The number of carbonyl (C=O) groups excluding carboxylic acids is 1.